The number of aliphatic hydroxyl groups excluding tert-OH is 4. The van der Waals surface area contributed by atoms with Gasteiger partial charge in [-0.1, -0.05) is 75.4 Å². The van der Waals surface area contributed by atoms with Crippen LogP contribution in [0.1, 0.15) is 56.5 Å². The molecule has 338 valence electrons. The smallest absolute Gasteiger partial charge is 0.271 e. The van der Waals surface area contributed by atoms with Crippen LogP contribution in [0.3, 0.4) is 0 Å². The molecule has 0 saturated carbocycles. The number of methoxy groups -OCH3 is 2. The zero-order chi connectivity index (χ0) is 45.2. The monoisotopic (exact) mass is 879 g/mol. The van der Waals surface area contributed by atoms with Gasteiger partial charge < -0.3 is 54.0 Å². The lowest BCUT2D eigenvalue weighted by Gasteiger charge is -2.40. The Morgan fingerprint density at radius 3 is 2.12 bits per heavy atom. The molecule has 5 heterocycles. The standard InChI is InChI=1S/C46H54N8O10/c1-6-36(53-21-20-47-25-53)49-41-38-42(51-45(50-41)52-43(59)27(2)3)54(26-48-38,37-22-33(56)34(23-55)63-37)44-40(58)39(57)35(64-44)24-62-46(28-10-8-7-9-11-28,29-12-16-31(60-4)17-13-29)30-14-18-32(61-5)19-15-30/h7-21,25-27,33-37,39-40,44,55-58H,6,22-24H2,1-5H3,(H-,49,50,51,52,59)/p+1/t33-,34+,35+,36?,37-,39+,40+,44+,54?/m0/s1. The summed E-state index contributed by atoms with van der Waals surface area (Å²) in [6.07, 6.45) is -2.01. The van der Waals surface area contributed by atoms with Crippen LogP contribution in [-0.4, -0.2) is 123 Å². The Bertz CT molecular complexity index is 2340. The summed E-state index contributed by atoms with van der Waals surface area (Å²) >= 11 is 0. The lowest BCUT2D eigenvalue weighted by atomic mass is 9.80. The number of nitrogens with zero attached hydrogens (tertiary/aromatic N) is 6. The second-order valence-electron chi connectivity index (χ2n) is 16.3. The number of aromatic nitrogens is 4. The summed E-state index contributed by atoms with van der Waals surface area (Å²) in [5, 5.41) is 52.0. The molecule has 5 aromatic rings. The number of carbonyl (C=O) groups is 1. The van der Waals surface area contributed by atoms with Crippen LogP contribution >= 0.6 is 0 Å². The highest BCUT2D eigenvalue weighted by Crippen LogP contribution is 2.50. The molecular formula is C46H55N8O10+. The maximum Gasteiger partial charge on any atom is 0.271 e. The van der Waals surface area contributed by atoms with E-state index in [0.29, 0.717) is 17.9 Å². The van der Waals surface area contributed by atoms with Crippen LogP contribution in [-0.2, 0) is 24.6 Å². The molecule has 18 heteroatoms. The highest BCUT2D eigenvalue weighted by molar-refractivity contribution is 5.95. The second-order valence-corrected chi connectivity index (χ2v) is 16.3. The molecule has 8 rings (SSSR count). The lowest BCUT2D eigenvalue weighted by Crippen LogP contribution is -2.65. The maximum atomic E-state index is 13.2. The van der Waals surface area contributed by atoms with Gasteiger partial charge in [-0.2, -0.15) is 19.4 Å². The quantitative estimate of drug-likeness (QED) is 0.0569. The van der Waals surface area contributed by atoms with E-state index in [0.717, 1.165) is 16.7 Å². The minimum Gasteiger partial charge on any atom is -0.497 e. The van der Waals surface area contributed by atoms with Crippen molar-refractivity contribution in [2.24, 2.45) is 10.9 Å². The molecule has 3 aromatic carbocycles. The van der Waals surface area contributed by atoms with E-state index in [1.54, 1.807) is 46.8 Å². The lowest BCUT2D eigenvalue weighted by molar-refractivity contribution is -0.141. The third-order valence-electron chi connectivity index (χ3n) is 12.2. The van der Waals surface area contributed by atoms with E-state index in [-0.39, 0.29) is 48.4 Å². The van der Waals surface area contributed by atoms with Crippen LogP contribution in [0.2, 0.25) is 0 Å². The van der Waals surface area contributed by atoms with Gasteiger partial charge in [0.2, 0.25) is 30.6 Å². The molecule has 18 nitrogen and oxygen atoms in total. The molecule has 3 aliphatic rings. The number of amides is 1. The molecule has 0 radical (unpaired) electrons. The normalized spacial score (nSPS) is 25.6. The third-order valence-corrected chi connectivity index (χ3v) is 12.2. The van der Waals surface area contributed by atoms with Crippen molar-refractivity contribution in [2.45, 2.75) is 88.4 Å². The Morgan fingerprint density at radius 1 is 0.906 bits per heavy atom. The number of hydrogen-bond donors (Lipinski definition) is 6. The molecule has 0 aliphatic carbocycles. The van der Waals surface area contributed by atoms with Gasteiger partial charge in [-0.05, 0) is 47.4 Å². The van der Waals surface area contributed by atoms with E-state index in [2.05, 4.69) is 15.6 Å². The number of quaternary nitrogens is 1. The number of anilines is 2. The molecule has 64 heavy (non-hydrogen) atoms. The van der Waals surface area contributed by atoms with Gasteiger partial charge in [0, 0.05) is 18.3 Å². The van der Waals surface area contributed by atoms with Crippen molar-refractivity contribution in [3.63, 3.8) is 0 Å². The Kier molecular flexibility index (Phi) is 13.1. The molecule has 3 aliphatic heterocycles. The van der Waals surface area contributed by atoms with Crippen LogP contribution in [0.5, 0.6) is 11.5 Å². The number of ether oxygens (including phenoxy) is 5. The largest absolute Gasteiger partial charge is 0.497 e. The number of nitrogens with one attached hydrogen (secondary N) is 2. The fourth-order valence-corrected chi connectivity index (χ4v) is 8.66. The van der Waals surface area contributed by atoms with Gasteiger partial charge in [0.1, 0.15) is 41.6 Å². The number of aliphatic imine (C=N–C) groups is 1. The number of rotatable bonds is 17. The van der Waals surface area contributed by atoms with Crippen molar-refractivity contribution >= 4 is 35.5 Å². The van der Waals surface area contributed by atoms with Crippen molar-refractivity contribution in [1.29, 1.82) is 0 Å². The topological polar surface area (TPSA) is 224 Å². The van der Waals surface area contributed by atoms with E-state index in [9.17, 15) is 25.2 Å². The van der Waals surface area contributed by atoms with Gasteiger partial charge in [-0.15, -0.1) is 0 Å². The number of hydrogen-bond acceptors (Lipinski definition) is 15. The number of aliphatic hydroxyl groups is 4. The number of imidazole rings is 1. The molecule has 2 aromatic heterocycles. The van der Waals surface area contributed by atoms with E-state index in [4.69, 9.17) is 38.6 Å². The highest BCUT2D eigenvalue weighted by Gasteiger charge is 2.64. The minimum atomic E-state index is -1.61. The molecule has 9 atom stereocenters. The van der Waals surface area contributed by atoms with Gasteiger partial charge in [0.05, 0.1) is 46.3 Å². The summed E-state index contributed by atoms with van der Waals surface area (Å²) in [5.41, 5.74) is 1.23. The second kappa shape index (κ2) is 18.7. The van der Waals surface area contributed by atoms with Crippen LogP contribution in [0.15, 0.2) is 103 Å². The zero-order valence-corrected chi connectivity index (χ0v) is 36.3. The molecule has 2 unspecified atom stereocenters. The average Bonchev–Trinajstić information content (AvgIpc) is 4.13. The summed E-state index contributed by atoms with van der Waals surface area (Å²) in [6, 6.07) is 24.7. The fourth-order valence-electron chi connectivity index (χ4n) is 8.66. The summed E-state index contributed by atoms with van der Waals surface area (Å²) in [7, 11) is 3.19. The third kappa shape index (κ3) is 8.11. The van der Waals surface area contributed by atoms with E-state index in [1.165, 1.54) is 6.34 Å². The summed E-state index contributed by atoms with van der Waals surface area (Å²) < 4.78 is 32.5. The Hall–Kier alpha value is -5.83. The van der Waals surface area contributed by atoms with Gasteiger partial charge in [0.25, 0.3) is 5.82 Å². The fraction of sp³-hybridized carbons (Fsp3) is 0.413. The zero-order valence-electron chi connectivity index (χ0n) is 36.3. The number of carbonyl (C=O) groups excluding carboxylic acids is 1. The average molecular weight is 880 g/mol. The molecule has 1 amide bonds. The van der Waals surface area contributed by atoms with Gasteiger partial charge in [-0.3, -0.25) is 10.1 Å². The predicted molar refractivity (Wildman–Crippen MR) is 236 cm³/mol. The van der Waals surface area contributed by atoms with E-state index >= 15 is 0 Å². The first kappa shape index (κ1) is 44.8. The van der Waals surface area contributed by atoms with E-state index in [1.807, 2.05) is 90.4 Å². The molecule has 2 saturated heterocycles. The first-order valence-corrected chi connectivity index (χ1v) is 21.3. The van der Waals surface area contributed by atoms with Crippen LogP contribution < -0.4 is 24.6 Å². The Labute approximate surface area is 370 Å². The minimum absolute atomic E-state index is 0.0420. The first-order chi connectivity index (χ1) is 31.0. The summed E-state index contributed by atoms with van der Waals surface area (Å²) in [4.78, 5) is 31.8. The molecule has 6 N–H and O–H groups in total. The molecule has 0 spiro atoms. The van der Waals surface area contributed by atoms with Crippen molar-refractivity contribution in [2.75, 3.05) is 38.1 Å². The Balaban J connectivity index is 1.22. The van der Waals surface area contributed by atoms with Crippen LogP contribution in [0.4, 0.5) is 23.3 Å². The van der Waals surface area contributed by atoms with Gasteiger partial charge >= 0.3 is 0 Å². The number of fused-ring (bicyclic) bond motifs is 1. The van der Waals surface area contributed by atoms with Crippen molar-refractivity contribution in [1.82, 2.24) is 24.0 Å². The molecule has 2 fully saturated rings. The summed E-state index contributed by atoms with van der Waals surface area (Å²) in [6.45, 7) is 4.72. The predicted octanol–water partition coefficient (Wildman–Crippen LogP) is 4.21. The van der Waals surface area contributed by atoms with Crippen LogP contribution in [0.25, 0.3) is 0 Å². The van der Waals surface area contributed by atoms with Gasteiger partial charge in [-0.25, -0.2) is 4.98 Å². The molecule has 0 bridgehead atoms. The maximum absolute atomic E-state index is 13.2. The SMILES string of the molecule is CCC(Nc1nc(NC(=O)C(C)C)nc2c1N=C[N+]2([C@@H]1C[C@H](O)[C@@H](CO)O1)[C@@H]1O[C@H](COC(c2ccccc2)(c2ccc(OC)cc2)c2ccc(OC)cc2)[C@@H](O)[C@H]1O)n1ccnc1. The first-order valence-electron chi connectivity index (χ1n) is 21.3. The van der Waals surface area contributed by atoms with Crippen LogP contribution in [0, 0.1) is 5.92 Å². The van der Waals surface area contributed by atoms with Crippen molar-refractivity contribution in [3.8, 4) is 11.5 Å². The number of benzene rings is 3. The van der Waals surface area contributed by atoms with Gasteiger partial charge in [0.15, 0.2) is 17.6 Å². The summed E-state index contributed by atoms with van der Waals surface area (Å²) in [5.74, 6) is 0.852. The highest BCUT2D eigenvalue weighted by atomic mass is 16.6. The molecular weight excluding hydrogens is 825 g/mol. The van der Waals surface area contributed by atoms with E-state index < -0.39 is 65.6 Å². The van der Waals surface area contributed by atoms with Crippen molar-refractivity contribution in [3.05, 3.63) is 114 Å². The van der Waals surface area contributed by atoms with Crippen molar-refractivity contribution < 1.29 is 48.9 Å². The Morgan fingerprint density at radius 2 is 1.56 bits per heavy atom.